The van der Waals surface area contributed by atoms with Gasteiger partial charge in [0.25, 0.3) is 0 Å². The van der Waals surface area contributed by atoms with Gasteiger partial charge in [-0.1, -0.05) is 0 Å². The topological polar surface area (TPSA) is 67.9 Å². The molecule has 2 rings (SSSR count). The van der Waals surface area contributed by atoms with E-state index in [1.165, 1.54) is 0 Å². The highest BCUT2D eigenvalue weighted by Crippen LogP contribution is 2.18. The summed E-state index contributed by atoms with van der Waals surface area (Å²) in [4.78, 5) is 25.6. The summed E-state index contributed by atoms with van der Waals surface area (Å²) in [6.45, 7) is 5.63. The van der Waals surface area contributed by atoms with Crippen LogP contribution in [-0.4, -0.2) is 62.3 Å². The van der Waals surface area contributed by atoms with E-state index in [4.69, 9.17) is 9.47 Å². The van der Waals surface area contributed by atoms with Crippen molar-refractivity contribution < 1.29 is 19.1 Å². The predicted octanol–water partition coefficient (Wildman–Crippen LogP) is 0.557. The molecule has 0 aromatic carbocycles. The Kier molecular flexibility index (Phi) is 6.45. The van der Waals surface area contributed by atoms with E-state index in [-0.39, 0.29) is 23.9 Å². The number of amides is 1. The standard InChI is InChI=1S/C15H26N2O4/c1-2-20-15(19)12-5-7-17(8-6-12)11-14(18)16-10-13-4-3-9-21-13/h12-13H,2-11H2,1H3,(H,16,18). The highest BCUT2D eigenvalue weighted by molar-refractivity contribution is 5.78. The minimum Gasteiger partial charge on any atom is -0.466 e. The van der Waals surface area contributed by atoms with Crippen molar-refractivity contribution in [1.82, 2.24) is 10.2 Å². The molecule has 0 spiro atoms. The summed E-state index contributed by atoms with van der Waals surface area (Å²) in [5, 5.41) is 2.93. The molecule has 0 aliphatic carbocycles. The molecule has 0 aromatic heterocycles. The molecular weight excluding hydrogens is 272 g/mol. The highest BCUT2D eigenvalue weighted by atomic mass is 16.5. The van der Waals surface area contributed by atoms with Gasteiger partial charge in [0.2, 0.25) is 5.91 Å². The van der Waals surface area contributed by atoms with E-state index in [2.05, 4.69) is 10.2 Å². The number of likely N-dealkylation sites (tertiary alicyclic amines) is 1. The maximum absolute atomic E-state index is 11.9. The van der Waals surface area contributed by atoms with Crippen LogP contribution in [0, 0.1) is 5.92 Å². The summed E-state index contributed by atoms with van der Waals surface area (Å²) in [6, 6.07) is 0. The van der Waals surface area contributed by atoms with Gasteiger partial charge in [-0.25, -0.2) is 0 Å². The molecule has 6 heteroatoms. The number of carbonyl (C=O) groups excluding carboxylic acids is 2. The Labute approximate surface area is 126 Å². The van der Waals surface area contributed by atoms with E-state index in [0.717, 1.165) is 45.4 Å². The third-order valence-corrected chi connectivity index (χ3v) is 4.13. The van der Waals surface area contributed by atoms with Crippen LogP contribution in [0.4, 0.5) is 0 Å². The first kappa shape index (κ1) is 16.2. The summed E-state index contributed by atoms with van der Waals surface area (Å²) in [7, 11) is 0. The number of esters is 1. The molecule has 120 valence electrons. The van der Waals surface area contributed by atoms with Gasteiger partial charge < -0.3 is 14.8 Å². The second-order valence-electron chi connectivity index (χ2n) is 5.74. The Morgan fingerprint density at radius 1 is 1.29 bits per heavy atom. The van der Waals surface area contributed by atoms with Gasteiger partial charge in [-0.3, -0.25) is 14.5 Å². The Morgan fingerprint density at radius 3 is 2.67 bits per heavy atom. The highest BCUT2D eigenvalue weighted by Gasteiger charge is 2.26. The summed E-state index contributed by atoms with van der Waals surface area (Å²) < 4.78 is 10.5. The zero-order valence-electron chi connectivity index (χ0n) is 12.8. The van der Waals surface area contributed by atoms with Crippen molar-refractivity contribution in [3.63, 3.8) is 0 Å². The second kappa shape index (κ2) is 8.34. The molecule has 2 aliphatic rings. The number of nitrogens with zero attached hydrogens (tertiary/aromatic N) is 1. The van der Waals surface area contributed by atoms with Gasteiger partial charge in [0.1, 0.15) is 0 Å². The first-order chi connectivity index (χ1) is 10.2. The van der Waals surface area contributed by atoms with Gasteiger partial charge in [0.05, 0.1) is 25.2 Å². The number of piperidine rings is 1. The molecule has 0 radical (unpaired) electrons. The fraction of sp³-hybridized carbons (Fsp3) is 0.867. The number of hydrogen-bond acceptors (Lipinski definition) is 5. The number of rotatable bonds is 6. The van der Waals surface area contributed by atoms with Gasteiger partial charge in [0.15, 0.2) is 0 Å². The molecular formula is C15H26N2O4. The van der Waals surface area contributed by atoms with E-state index in [1.807, 2.05) is 6.92 Å². The summed E-state index contributed by atoms with van der Waals surface area (Å²) in [5.74, 6) is -0.0591. The summed E-state index contributed by atoms with van der Waals surface area (Å²) >= 11 is 0. The lowest BCUT2D eigenvalue weighted by molar-refractivity contribution is -0.149. The van der Waals surface area contributed by atoms with Crippen molar-refractivity contribution in [3.8, 4) is 0 Å². The molecule has 0 bridgehead atoms. The third-order valence-electron chi connectivity index (χ3n) is 4.13. The molecule has 2 saturated heterocycles. The second-order valence-corrected chi connectivity index (χ2v) is 5.74. The normalized spacial score (nSPS) is 24.0. The molecule has 2 aliphatic heterocycles. The Bertz CT molecular complexity index is 348. The zero-order chi connectivity index (χ0) is 15.1. The number of carbonyl (C=O) groups is 2. The maximum atomic E-state index is 11.9. The fourth-order valence-electron chi connectivity index (χ4n) is 2.88. The molecule has 1 atom stereocenters. The van der Waals surface area contributed by atoms with E-state index in [9.17, 15) is 9.59 Å². The Hall–Kier alpha value is -1.14. The van der Waals surface area contributed by atoms with Crippen LogP contribution in [0.1, 0.15) is 32.6 Å². The number of ether oxygens (including phenoxy) is 2. The van der Waals surface area contributed by atoms with E-state index < -0.39 is 0 Å². The monoisotopic (exact) mass is 298 g/mol. The van der Waals surface area contributed by atoms with Crippen molar-refractivity contribution >= 4 is 11.9 Å². The fourth-order valence-corrected chi connectivity index (χ4v) is 2.88. The molecule has 6 nitrogen and oxygen atoms in total. The van der Waals surface area contributed by atoms with Crippen LogP contribution in [-0.2, 0) is 19.1 Å². The number of nitrogens with one attached hydrogen (secondary N) is 1. The van der Waals surface area contributed by atoms with E-state index >= 15 is 0 Å². The van der Waals surface area contributed by atoms with Gasteiger partial charge >= 0.3 is 5.97 Å². The van der Waals surface area contributed by atoms with Crippen LogP contribution in [0.25, 0.3) is 0 Å². The average Bonchev–Trinajstić information content (AvgIpc) is 2.99. The van der Waals surface area contributed by atoms with Crippen LogP contribution < -0.4 is 5.32 Å². The molecule has 21 heavy (non-hydrogen) atoms. The van der Waals surface area contributed by atoms with Crippen LogP contribution in [0.5, 0.6) is 0 Å². The van der Waals surface area contributed by atoms with Crippen molar-refractivity contribution in [1.29, 1.82) is 0 Å². The average molecular weight is 298 g/mol. The molecule has 1 unspecified atom stereocenters. The van der Waals surface area contributed by atoms with Crippen LogP contribution in [0.3, 0.4) is 0 Å². The minimum absolute atomic E-state index is 0.00356. The lowest BCUT2D eigenvalue weighted by Gasteiger charge is -2.30. The lowest BCUT2D eigenvalue weighted by atomic mass is 9.97. The molecule has 0 saturated carbocycles. The van der Waals surface area contributed by atoms with E-state index in [0.29, 0.717) is 19.7 Å². The van der Waals surface area contributed by atoms with Crippen LogP contribution in [0.2, 0.25) is 0 Å². The Morgan fingerprint density at radius 2 is 2.05 bits per heavy atom. The quantitative estimate of drug-likeness (QED) is 0.726. The Balaban J connectivity index is 1.61. The van der Waals surface area contributed by atoms with Crippen molar-refractivity contribution in [2.45, 2.75) is 38.7 Å². The smallest absolute Gasteiger partial charge is 0.309 e. The summed E-state index contributed by atoms with van der Waals surface area (Å²) in [5.41, 5.74) is 0. The SMILES string of the molecule is CCOC(=O)C1CCN(CC(=O)NCC2CCCO2)CC1. The van der Waals surface area contributed by atoms with Crippen molar-refractivity contribution in [2.75, 3.05) is 39.4 Å². The first-order valence-electron chi connectivity index (χ1n) is 7.96. The van der Waals surface area contributed by atoms with E-state index in [1.54, 1.807) is 0 Å². The molecule has 1 amide bonds. The largest absolute Gasteiger partial charge is 0.466 e. The van der Waals surface area contributed by atoms with Gasteiger partial charge in [-0.05, 0) is 45.7 Å². The molecule has 2 heterocycles. The molecule has 2 fully saturated rings. The van der Waals surface area contributed by atoms with Gasteiger partial charge in [-0.15, -0.1) is 0 Å². The predicted molar refractivity (Wildman–Crippen MR) is 77.8 cm³/mol. The van der Waals surface area contributed by atoms with Crippen molar-refractivity contribution in [3.05, 3.63) is 0 Å². The van der Waals surface area contributed by atoms with Crippen molar-refractivity contribution in [2.24, 2.45) is 5.92 Å². The van der Waals surface area contributed by atoms with Crippen LogP contribution >= 0.6 is 0 Å². The van der Waals surface area contributed by atoms with Crippen LogP contribution in [0.15, 0.2) is 0 Å². The van der Waals surface area contributed by atoms with Gasteiger partial charge in [-0.2, -0.15) is 0 Å². The first-order valence-corrected chi connectivity index (χ1v) is 7.96. The molecule has 0 aromatic rings. The van der Waals surface area contributed by atoms with Gasteiger partial charge in [0, 0.05) is 13.2 Å². The summed E-state index contributed by atoms with van der Waals surface area (Å²) in [6.07, 6.45) is 3.85. The maximum Gasteiger partial charge on any atom is 0.309 e. The molecule has 1 N–H and O–H groups in total. The lowest BCUT2D eigenvalue weighted by Crippen LogP contribution is -2.44. The minimum atomic E-state index is -0.0972. The zero-order valence-corrected chi connectivity index (χ0v) is 12.8. The number of hydrogen-bond donors (Lipinski definition) is 1. The third kappa shape index (κ3) is 5.28.